The molecule has 6 heteroatoms. The predicted octanol–water partition coefficient (Wildman–Crippen LogP) is 11.4. The minimum absolute atomic E-state index is 0.0242. The minimum atomic E-state index is -0.126. The number of rotatable bonds is 2. The molecule has 0 N–H and O–H groups in total. The Hall–Kier alpha value is -5.10. The second kappa shape index (κ2) is 12.2. The fraction of sp³-hybridized carbons (Fsp3) is 0.360. The SMILES string of the molecule is Cc1cc(C(C)(C)C)cc(C)c1N1c2cccc3c2B(c2cc(C(C)(C)C)ccc2N3c2c(C)cc3c(c2C)OCCO3)c2oc3ccc(C(C)(C)C)cc3c21. The number of hydrogen-bond acceptors (Lipinski definition) is 5. The van der Waals surface area contributed by atoms with E-state index >= 15 is 0 Å². The lowest BCUT2D eigenvalue weighted by molar-refractivity contribution is 0.170. The van der Waals surface area contributed by atoms with Gasteiger partial charge in [-0.25, -0.2) is 0 Å². The zero-order valence-corrected chi connectivity index (χ0v) is 35.5. The molecular formula is C50H55BN2O3. The van der Waals surface area contributed by atoms with Crippen LogP contribution in [-0.4, -0.2) is 19.9 Å². The van der Waals surface area contributed by atoms with Crippen LogP contribution in [0.3, 0.4) is 0 Å². The van der Waals surface area contributed by atoms with Gasteiger partial charge in [-0.15, -0.1) is 0 Å². The summed E-state index contributed by atoms with van der Waals surface area (Å²) in [7, 11) is 0. The van der Waals surface area contributed by atoms with Crippen LogP contribution in [0.1, 0.15) is 101 Å². The van der Waals surface area contributed by atoms with Gasteiger partial charge < -0.3 is 23.7 Å². The van der Waals surface area contributed by atoms with E-state index in [1.807, 2.05) is 0 Å². The van der Waals surface area contributed by atoms with E-state index < -0.39 is 0 Å². The van der Waals surface area contributed by atoms with Crippen molar-refractivity contribution in [2.24, 2.45) is 0 Å². The van der Waals surface area contributed by atoms with Crippen LogP contribution in [0.15, 0.2) is 77.2 Å². The molecule has 4 heterocycles. The topological polar surface area (TPSA) is 38.1 Å². The molecule has 0 saturated heterocycles. The van der Waals surface area contributed by atoms with Crippen LogP contribution in [0.25, 0.3) is 11.0 Å². The van der Waals surface area contributed by atoms with Crippen LogP contribution < -0.4 is 35.9 Å². The molecule has 6 aromatic rings. The van der Waals surface area contributed by atoms with Gasteiger partial charge in [0, 0.05) is 28.0 Å². The second-order valence-electron chi connectivity index (χ2n) is 19.5. The lowest BCUT2D eigenvalue weighted by Crippen LogP contribution is -2.61. The first kappa shape index (κ1) is 36.5. The Morgan fingerprint density at radius 1 is 0.554 bits per heavy atom. The van der Waals surface area contributed by atoms with Gasteiger partial charge in [-0.1, -0.05) is 98.7 Å². The standard InChI is InChI=1S/C50H55BN2O3/c1-28-23-34(50(11,12)13)24-29(2)43(28)53-39-16-14-15-38-42(39)51(47-45(53)35-26-32(48(5,6)7)18-20-40(35)56-47)36-27-33(49(8,9)10)17-19-37(36)52(38)44-30(3)25-41-46(31(44)4)55-22-21-54-41/h14-20,23-27H,21-22H2,1-13H3. The van der Waals surface area contributed by atoms with E-state index in [0.29, 0.717) is 13.2 Å². The number of benzene rings is 5. The Morgan fingerprint density at radius 3 is 1.80 bits per heavy atom. The Morgan fingerprint density at radius 2 is 1.14 bits per heavy atom. The second-order valence-corrected chi connectivity index (χ2v) is 19.5. The van der Waals surface area contributed by atoms with Gasteiger partial charge in [0.1, 0.15) is 18.8 Å². The Bertz CT molecular complexity index is 2590. The quantitative estimate of drug-likeness (QED) is 0.165. The van der Waals surface area contributed by atoms with Crippen LogP contribution in [0.5, 0.6) is 11.5 Å². The normalized spacial score (nSPS) is 14.9. The Labute approximate surface area is 333 Å². The monoisotopic (exact) mass is 742 g/mol. The van der Waals surface area contributed by atoms with Crippen molar-refractivity contribution in [3.8, 4) is 11.5 Å². The summed E-state index contributed by atoms with van der Waals surface area (Å²) in [4.78, 5) is 5.03. The van der Waals surface area contributed by atoms with E-state index in [-0.39, 0.29) is 23.0 Å². The number of hydrogen-bond donors (Lipinski definition) is 0. The molecule has 0 fully saturated rings. The Kier molecular flexibility index (Phi) is 7.96. The van der Waals surface area contributed by atoms with Gasteiger partial charge in [0.2, 0.25) is 0 Å². The number of aryl methyl sites for hydroxylation is 3. The van der Waals surface area contributed by atoms with E-state index in [1.165, 1.54) is 50.1 Å². The van der Waals surface area contributed by atoms with E-state index in [2.05, 4.69) is 173 Å². The van der Waals surface area contributed by atoms with Gasteiger partial charge in [-0.2, -0.15) is 0 Å². The molecule has 0 aliphatic carbocycles. The summed E-state index contributed by atoms with van der Waals surface area (Å²) in [5.74, 6) is 1.65. The van der Waals surface area contributed by atoms with E-state index in [4.69, 9.17) is 13.9 Å². The van der Waals surface area contributed by atoms with E-state index in [0.717, 1.165) is 62.0 Å². The molecule has 0 spiro atoms. The summed E-state index contributed by atoms with van der Waals surface area (Å²) in [6.45, 7) is 30.6. The van der Waals surface area contributed by atoms with Crippen molar-refractivity contribution in [1.82, 2.24) is 0 Å². The summed E-state index contributed by atoms with van der Waals surface area (Å²) in [5, 5.41) is 1.15. The van der Waals surface area contributed by atoms with Crippen molar-refractivity contribution < 1.29 is 13.9 Å². The van der Waals surface area contributed by atoms with Gasteiger partial charge in [0.05, 0.1) is 22.7 Å². The maximum Gasteiger partial charge on any atom is 0.297 e. The zero-order chi connectivity index (χ0) is 39.8. The third-order valence-corrected chi connectivity index (χ3v) is 12.3. The molecule has 3 aliphatic heterocycles. The van der Waals surface area contributed by atoms with Crippen LogP contribution in [0.4, 0.5) is 34.1 Å². The van der Waals surface area contributed by atoms with Crippen molar-refractivity contribution in [3.63, 3.8) is 0 Å². The largest absolute Gasteiger partial charge is 0.486 e. The lowest BCUT2D eigenvalue weighted by atomic mass is 9.35. The number of fused-ring (bicyclic) bond motifs is 7. The summed E-state index contributed by atoms with van der Waals surface area (Å²) >= 11 is 0. The number of nitrogens with zero attached hydrogens (tertiary/aromatic N) is 2. The van der Waals surface area contributed by atoms with Crippen molar-refractivity contribution in [2.45, 2.75) is 106 Å². The molecular weight excluding hydrogens is 687 g/mol. The van der Waals surface area contributed by atoms with Gasteiger partial charge in [-0.3, -0.25) is 0 Å². The summed E-state index contributed by atoms with van der Waals surface area (Å²) in [5.41, 5.74) is 20.0. The highest BCUT2D eigenvalue weighted by atomic mass is 16.6. The van der Waals surface area contributed by atoms with Crippen molar-refractivity contribution >= 4 is 68.4 Å². The first-order chi connectivity index (χ1) is 26.3. The molecule has 3 aliphatic rings. The summed E-state index contributed by atoms with van der Waals surface area (Å²) in [6.07, 6.45) is 0. The van der Waals surface area contributed by atoms with Gasteiger partial charge in [0.15, 0.2) is 11.5 Å². The number of furan rings is 1. The third-order valence-electron chi connectivity index (χ3n) is 12.3. The molecule has 1 aromatic heterocycles. The van der Waals surface area contributed by atoms with E-state index in [9.17, 15) is 0 Å². The molecule has 5 aromatic carbocycles. The van der Waals surface area contributed by atoms with Crippen LogP contribution >= 0.6 is 0 Å². The molecule has 5 nitrogen and oxygen atoms in total. The Balaban J connectivity index is 1.42. The van der Waals surface area contributed by atoms with Crippen molar-refractivity contribution in [2.75, 3.05) is 23.0 Å². The first-order valence-corrected chi connectivity index (χ1v) is 20.3. The predicted molar refractivity (Wildman–Crippen MR) is 236 cm³/mol. The zero-order valence-electron chi connectivity index (χ0n) is 35.5. The average molecular weight is 743 g/mol. The minimum Gasteiger partial charge on any atom is -0.486 e. The highest BCUT2D eigenvalue weighted by Gasteiger charge is 2.48. The fourth-order valence-electron chi connectivity index (χ4n) is 9.42. The number of ether oxygens (including phenoxy) is 2. The van der Waals surface area contributed by atoms with Crippen molar-refractivity contribution in [3.05, 3.63) is 112 Å². The lowest BCUT2D eigenvalue weighted by Gasteiger charge is -2.44. The van der Waals surface area contributed by atoms with Gasteiger partial charge >= 0.3 is 0 Å². The van der Waals surface area contributed by atoms with Gasteiger partial charge in [0.25, 0.3) is 6.71 Å². The summed E-state index contributed by atoms with van der Waals surface area (Å²) in [6, 6.07) is 27.8. The highest BCUT2D eigenvalue weighted by molar-refractivity contribution is 7.00. The van der Waals surface area contributed by atoms with Gasteiger partial charge in [-0.05, 0) is 125 Å². The third kappa shape index (κ3) is 5.42. The highest BCUT2D eigenvalue weighted by Crippen LogP contribution is 2.51. The van der Waals surface area contributed by atoms with Crippen molar-refractivity contribution in [1.29, 1.82) is 0 Å². The first-order valence-electron chi connectivity index (χ1n) is 20.3. The summed E-state index contributed by atoms with van der Waals surface area (Å²) < 4.78 is 19.7. The molecule has 56 heavy (non-hydrogen) atoms. The molecule has 9 rings (SSSR count). The smallest absolute Gasteiger partial charge is 0.297 e. The molecule has 0 bridgehead atoms. The molecule has 286 valence electrons. The molecule has 0 unspecified atom stereocenters. The molecule has 0 amide bonds. The molecule has 0 saturated carbocycles. The number of anilines is 6. The molecule has 0 atom stereocenters. The van der Waals surface area contributed by atoms with Crippen LogP contribution in [0.2, 0.25) is 0 Å². The average Bonchev–Trinajstić information content (AvgIpc) is 3.50. The maximum atomic E-state index is 7.27. The fourth-order valence-corrected chi connectivity index (χ4v) is 9.42. The molecule has 0 radical (unpaired) electrons. The van der Waals surface area contributed by atoms with Crippen LogP contribution in [-0.2, 0) is 16.2 Å². The maximum absolute atomic E-state index is 7.27. The van der Waals surface area contributed by atoms with E-state index in [1.54, 1.807) is 0 Å². The van der Waals surface area contributed by atoms with Crippen LogP contribution in [0, 0.1) is 27.7 Å².